The van der Waals surface area contributed by atoms with Crippen LogP contribution in [0.4, 0.5) is 0 Å². The first-order chi connectivity index (χ1) is 6.77. The summed E-state index contributed by atoms with van der Waals surface area (Å²) in [6.45, 7) is 7.28. The molecule has 15 heavy (non-hydrogen) atoms. The Hall–Kier alpha value is -0.870. The molecule has 0 spiro atoms. The molecule has 0 aromatic heterocycles. The Morgan fingerprint density at radius 2 is 2.00 bits per heavy atom. The molecule has 0 saturated carbocycles. The summed E-state index contributed by atoms with van der Waals surface area (Å²) < 4.78 is 0. The van der Waals surface area contributed by atoms with Crippen molar-refractivity contribution in [2.75, 3.05) is 27.2 Å². The largest absolute Gasteiger partial charge is 0.478 e. The van der Waals surface area contributed by atoms with E-state index in [2.05, 4.69) is 24.1 Å². The first-order valence-electron chi connectivity index (χ1n) is 5.05. The molecule has 88 valence electrons. The molecule has 0 unspecified atom stereocenters. The van der Waals surface area contributed by atoms with E-state index >= 15 is 0 Å². The number of nitrogens with one attached hydrogen (secondary N) is 1. The Bertz CT molecular complexity index is 245. The second-order valence-corrected chi connectivity index (χ2v) is 4.53. The van der Waals surface area contributed by atoms with E-state index in [0.29, 0.717) is 12.1 Å². The minimum atomic E-state index is -0.858. The van der Waals surface area contributed by atoms with Gasteiger partial charge in [0.2, 0.25) is 0 Å². The van der Waals surface area contributed by atoms with Crippen molar-refractivity contribution in [3.05, 3.63) is 11.6 Å². The van der Waals surface area contributed by atoms with Crippen LogP contribution in [0.25, 0.3) is 0 Å². The Labute approximate surface area is 92.0 Å². The Balaban J connectivity index is 3.91. The number of aliphatic carboxylic acids is 1. The molecule has 0 aromatic carbocycles. The van der Waals surface area contributed by atoms with E-state index in [1.807, 2.05) is 14.1 Å². The third-order valence-corrected chi connectivity index (χ3v) is 2.66. The van der Waals surface area contributed by atoms with Gasteiger partial charge in [0.15, 0.2) is 0 Å². The van der Waals surface area contributed by atoms with Gasteiger partial charge >= 0.3 is 5.97 Å². The quantitative estimate of drug-likeness (QED) is 0.510. The molecule has 0 aliphatic heterocycles. The zero-order valence-corrected chi connectivity index (χ0v) is 10.3. The Morgan fingerprint density at radius 1 is 1.47 bits per heavy atom. The molecule has 0 aliphatic rings. The fourth-order valence-corrected chi connectivity index (χ4v) is 0.849. The molecular weight excluding hydrogens is 192 g/mol. The van der Waals surface area contributed by atoms with Crippen LogP contribution < -0.4 is 5.32 Å². The first-order valence-corrected chi connectivity index (χ1v) is 5.05. The van der Waals surface area contributed by atoms with Gasteiger partial charge in [-0.1, -0.05) is 6.08 Å². The number of carboxylic acids is 1. The lowest BCUT2D eigenvalue weighted by Gasteiger charge is -2.32. The smallest absolute Gasteiger partial charge is 0.330 e. The summed E-state index contributed by atoms with van der Waals surface area (Å²) in [5, 5.41) is 11.8. The van der Waals surface area contributed by atoms with Gasteiger partial charge in [-0.3, -0.25) is 0 Å². The van der Waals surface area contributed by atoms with Gasteiger partial charge in [0.25, 0.3) is 0 Å². The maximum Gasteiger partial charge on any atom is 0.330 e. The Kier molecular flexibility index (Phi) is 5.54. The second-order valence-electron chi connectivity index (χ2n) is 4.53. The lowest BCUT2D eigenvalue weighted by atomic mass is 10.0. The Morgan fingerprint density at radius 3 is 2.40 bits per heavy atom. The summed E-state index contributed by atoms with van der Waals surface area (Å²) in [6.07, 6.45) is 1.69. The van der Waals surface area contributed by atoms with Crippen LogP contribution in [0.15, 0.2) is 11.6 Å². The van der Waals surface area contributed by atoms with E-state index in [0.717, 1.165) is 6.54 Å². The molecule has 2 N–H and O–H groups in total. The molecule has 0 heterocycles. The standard InChI is InChI=1S/C11H22N2O2/c1-9(10(14)15)6-7-12-8-11(2,3)13(4)5/h6,12H,7-8H2,1-5H3,(H,14,15)/b9-6-. The monoisotopic (exact) mass is 214 g/mol. The van der Waals surface area contributed by atoms with Crippen LogP contribution in [-0.4, -0.2) is 48.7 Å². The van der Waals surface area contributed by atoms with Gasteiger partial charge in [-0.05, 0) is 34.9 Å². The predicted octanol–water partition coefficient (Wildman–Crippen LogP) is 0.947. The van der Waals surface area contributed by atoms with Crippen molar-refractivity contribution in [1.29, 1.82) is 0 Å². The summed E-state index contributed by atoms with van der Waals surface area (Å²) in [5.74, 6) is -0.858. The lowest BCUT2D eigenvalue weighted by molar-refractivity contribution is -0.132. The molecule has 0 fully saturated rings. The maximum absolute atomic E-state index is 10.5. The van der Waals surface area contributed by atoms with Gasteiger partial charge in [-0.25, -0.2) is 4.79 Å². The highest BCUT2D eigenvalue weighted by Crippen LogP contribution is 2.07. The molecule has 0 aromatic rings. The normalized spacial score (nSPS) is 13.3. The first kappa shape index (κ1) is 14.1. The van der Waals surface area contributed by atoms with Gasteiger partial charge in [-0.15, -0.1) is 0 Å². The zero-order valence-electron chi connectivity index (χ0n) is 10.3. The van der Waals surface area contributed by atoms with Crippen molar-refractivity contribution < 1.29 is 9.90 Å². The molecule has 0 saturated heterocycles. The van der Waals surface area contributed by atoms with Crippen LogP contribution in [0.5, 0.6) is 0 Å². The van der Waals surface area contributed by atoms with Gasteiger partial charge in [0.05, 0.1) is 0 Å². The molecule has 4 nitrogen and oxygen atoms in total. The van der Waals surface area contributed by atoms with E-state index in [1.165, 1.54) is 0 Å². The molecule has 0 radical (unpaired) electrons. The summed E-state index contributed by atoms with van der Waals surface area (Å²) in [7, 11) is 4.06. The molecule has 0 bridgehead atoms. The minimum absolute atomic E-state index is 0.0744. The van der Waals surface area contributed by atoms with Gasteiger partial charge in [0, 0.05) is 24.2 Å². The van der Waals surface area contributed by atoms with Crippen molar-refractivity contribution in [2.45, 2.75) is 26.3 Å². The molecule has 0 rings (SSSR count). The molecule has 4 heteroatoms. The molecule has 0 atom stereocenters. The van der Waals surface area contributed by atoms with Crippen molar-refractivity contribution in [3.8, 4) is 0 Å². The third-order valence-electron chi connectivity index (χ3n) is 2.66. The fourth-order valence-electron chi connectivity index (χ4n) is 0.849. The van der Waals surface area contributed by atoms with E-state index < -0.39 is 5.97 Å². The van der Waals surface area contributed by atoms with Gasteiger partial charge in [-0.2, -0.15) is 0 Å². The SMILES string of the molecule is C/C(=C/CNCC(C)(C)N(C)C)C(=O)O. The van der Waals surface area contributed by atoms with Crippen LogP contribution in [0.1, 0.15) is 20.8 Å². The number of hydrogen-bond donors (Lipinski definition) is 2. The minimum Gasteiger partial charge on any atom is -0.478 e. The zero-order chi connectivity index (χ0) is 12.1. The van der Waals surface area contributed by atoms with Crippen molar-refractivity contribution in [3.63, 3.8) is 0 Å². The van der Waals surface area contributed by atoms with Crippen LogP contribution in [-0.2, 0) is 4.79 Å². The van der Waals surface area contributed by atoms with E-state index in [-0.39, 0.29) is 5.54 Å². The number of carboxylic acid groups (broad SMARTS) is 1. The highest BCUT2D eigenvalue weighted by atomic mass is 16.4. The van der Waals surface area contributed by atoms with Gasteiger partial charge in [0.1, 0.15) is 0 Å². The highest BCUT2D eigenvalue weighted by molar-refractivity contribution is 5.85. The average Bonchev–Trinajstić information content (AvgIpc) is 2.11. The van der Waals surface area contributed by atoms with Crippen LogP contribution >= 0.6 is 0 Å². The number of nitrogens with zero attached hydrogens (tertiary/aromatic N) is 1. The third kappa shape index (κ3) is 5.54. The van der Waals surface area contributed by atoms with E-state index in [9.17, 15) is 4.79 Å². The van der Waals surface area contributed by atoms with Crippen LogP contribution in [0.3, 0.4) is 0 Å². The predicted molar refractivity (Wildman–Crippen MR) is 62.0 cm³/mol. The number of likely N-dealkylation sites (N-methyl/N-ethyl adjacent to an activating group) is 1. The summed E-state index contributed by atoms with van der Waals surface area (Å²) >= 11 is 0. The van der Waals surface area contributed by atoms with Crippen LogP contribution in [0.2, 0.25) is 0 Å². The molecule has 0 amide bonds. The molecular formula is C11H22N2O2. The topological polar surface area (TPSA) is 52.6 Å². The number of carbonyl (C=O) groups is 1. The maximum atomic E-state index is 10.5. The van der Waals surface area contributed by atoms with E-state index in [1.54, 1.807) is 13.0 Å². The van der Waals surface area contributed by atoms with Crippen molar-refractivity contribution in [2.24, 2.45) is 0 Å². The van der Waals surface area contributed by atoms with Crippen molar-refractivity contribution in [1.82, 2.24) is 10.2 Å². The molecule has 0 aliphatic carbocycles. The van der Waals surface area contributed by atoms with E-state index in [4.69, 9.17) is 5.11 Å². The summed E-state index contributed by atoms with van der Waals surface area (Å²) in [5.41, 5.74) is 0.454. The number of hydrogen-bond acceptors (Lipinski definition) is 3. The second kappa shape index (κ2) is 5.88. The lowest BCUT2D eigenvalue weighted by Crippen LogP contribution is -2.46. The van der Waals surface area contributed by atoms with Crippen LogP contribution in [0, 0.1) is 0 Å². The average molecular weight is 214 g/mol. The summed E-state index contributed by atoms with van der Waals surface area (Å²) in [6, 6.07) is 0. The fraction of sp³-hybridized carbons (Fsp3) is 0.727. The highest BCUT2D eigenvalue weighted by Gasteiger charge is 2.18. The summed E-state index contributed by atoms with van der Waals surface area (Å²) in [4.78, 5) is 12.6. The van der Waals surface area contributed by atoms with Crippen molar-refractivity contribution >= 4 is 5.97 Å². The number of rotatable bonds is 6. The van der Waals surface area contributed by atoms with Gasteiger partial charge < -0.3 is 15.3 Å².